The monoisotopic (exact) mass is 348 g/mol. The molecule has 3 nitrogen and oxygen atoms in total. The maximum absolute atomic E-state index is 11.6. The lowest BCUT2D eigenvalue weighted by Gasteiger charge is -2.24. The fourth-order valence-electron chi connectivity index (χ4n) is 4.70. The first kappa shape index (κ1) is 17.3. The van der Waals surface area contributed by atoms with E-state index < -0.39 is 0 Å². The molecule has 1 N–H and O–H groups in total. The number of nitrogens with zero attached hydrogens (tertiary/aromatic N) is 1. The Kier molecular flexibility index (Phi) is 4.82. The Morgan fingerprint density at radius 3 is 2.54 bits per heavy atom. The third kappa shape index (κ3) is 3.54. The number of hydrogen-bond acceptors (Lipinski definition) is 2. The number of nitrogens with one attached hydrogen (secondary N) is 1. The van der Waals surface area contributed by atoms with Gasteiger partial charge in [0.05, 0.1) is 0 Å². The Bertz CT molecular complexity index is 783. The molecule has 1 aliphatic heterocycles. The predicted octanol–water partition coefficient (Wildman–Crippen LogP) is 4.01. The van der Waals surface area contributed by atoms with Crippen molar-refractivity contribution in [1.29, 1.82) is 0 Å². The van der Waals surface area contributed by atoms with Crippen LogP contribution in [0.25, 0.3) is 11.1 Å². The van der Waals surface area contributed by atoms with Crippen LogP contribution < -0.4 is 5.32 Å². The molecule has 3 atom stereocenters. The molecule has 2 aliphatic rings. The molecule has 26 heavy (non-hydrogen) atoms. The molecule has 0 bridgehead atoms. The van der Waals surface area contributed by atoms with Crippen molar-refractivity contribution in [2.45, 2.75) is 38.8 Å². The first-order valence-electron chi connectivity index (χ1n) is 9.72. The highest BCUT2D eigenvalue weighted by atomic mass is 16.1. The van der Waals surface area contributed by atoms with Gasteiger partial charge in [0, 0.05) is 25.6 Å². The third-order valence-corrected chi connectivity index (χ3v) is 6.29. The molecule has 1 aliphatic carbocycles. The second-order valence-corrected chi connectivity index (χ2v) is 8.08. The van der Waals surface area contributed by atoms with Gasteiger partial charge in [-0.05, 0) is 60.9 Å². The van der Waals surface area contributed by atoms with Crippen molar-refractivity contribution in [2.24, 2.45) is 11.8 Å². The SMILES string of the molecule is Cc1ccccc1-c1ccc(CN(C)[C@H]2C[C@H]3CNC(=O)C[C@H]3C2)cc1. The number of aryl methyl sites for hydroxylation is 1. The topological polar surface area (TPSA) is 32.3 Å². The summed E-state index contributed by atoms with van der Waals surface area (Å²) in [4.78, 5) is 14.1. The maximum atomic E-state index is 11.6. The van der Waals surface area contributed by atoms with Crippen molar-refractivity contribution in [1.82, 2.24) is 10.2 Å². The minimum absolute atomic E-state index is 0.237. The smallest absolute Gasteiger partial charge is 0.220 e. The van der Waals surface area contributed by atoms with Crippen molar-refractivity contribution >= 4 is 5.91 Å². The van der Waals surface area contributed by atoms with Gasteiger partial charge in [0.2, 0.25) is 5.91 Å². The van der Waals surface area contributed by atoms with Crippen LogP contribution in [0.1, 0.15) is 30.4 Å². The molecule has 0 aromatic heterocycles. The van der Waals surface area contributed by atoms with Crippen molar-refractivity contribution in [2.75, 3.05) is 13.6 Å². The van der Waals surface area contributed by atoms with E-state index in [1.165, 1.54) is 28.7 Å². The number of fused-ring (bicyclic) bond motifs is 1. The summed E-state index contributed by atoms with van der Waals surface area (Å²) < 4.78 is 0. The highest BCUT2D eigenvalue weighted by molar-refractivity contribution is 5.77. The lowest BCUT2D eigenvalue weighted by atomic mass is 9.89. The summed E-state index contributed by atoms with van der Waals surface area (Å²) >= 11 is 0. The number of rotatable bonds is 4. The summed E-state index contributed by atoms with van der Waals surface area (Å²) in [7, 11) is 2.23. The van der Waals surface area contributed by atoms with Crippen LogP contribution >= 0.6 is 0 Å². The van der Waals surface area contributed by atoms with Gasteiger partial charge in [0.15, 0.2) is 0 Å². The van der Waals surface area contributed by atoms with Gasteiger partial charge in [-0.25, -0.2) is 0 Å². The van der Waals surface area contributed by atoms with Crippen LogP contribution in [-0.2, 0) is 11.3 Å². The zero-order valence-electron chi connectivity index (χ0n) is 15.7. The largest absolute Gasteiger partial charge is 0.356 e. The molecule has 4 rings (SSSR count). The highest BCUT2D eigenvalue weighted by Crippen LogP contribution is 2.38. The van der Waals surface area contributed by atoms with Gasteiger partial charge in [-0.3, -0.25) is 9.69 Å². The normalized spacial score (nSPS) is 25.2. The molecule has 1 saturated heterocycles. The number of carbonyl (C=O) groups excluding carboxylic acids is 1. The molecule has 0 unspecified atom stereocenters. The average molecular weight is 348 g/mol. The summed E-state index contributed by atoms with van der Waals surface area (Å²) in [5, 5.41) is 3.03. The minimum Gasteiger partial charge on any atom is -0.356 e. The van der Waals surface area contributed by atoms with Crippen molar-refractivity contribution < 1.29 is 4.79 Å². The quantitative estimate of drug-likeness (QED) is 0.905. The van der Waals surface area contributed by atoms with Crippen LogP contribution in [0.2, 0.25) is 0 Å². The van der Waals surface area contributed by atoms with Crippen LogP contribution in [-0.4, -0.2) is 30.4 Å². The highest BCUT2D eigenvalue weighted by Gasteiger charge is 2.39. The van der Waals surface area contributed by atoms with Gasteiger partial charge in [-0.2, -0.15) is 0 Å². The lowest BCUT2D eigenvalue weighted by molar-refractivity contribution is -0.124. The second kappa shape index (κ2) is 7.24. The van der Waals surface area contributed by atoms with E-state index in [1.807, 2.05) is 0 Å². The van der Waals surface area contributed by atoms with Crippen LogP contribution in [0.15, 0.2) is 48.5 Å². The van der Waals surface area contributed by atoms with E-state index >= 15 is 0 Å². The molecule has 2 fully saturated rings. The lowest BCUT2D eigenvalue weighted by Crippen LogP contribution is -2.38. The van der Waals surface area contributed by atoms with Crippen molar-refractivity contribution in [3.05, 3.63) is 59.7 Å². The van der Waals surface area contributed by atoms with Crippen LogP contribution in [0, 0.1) is 18.8 Å². The van der Waals surface area contributed by atoms with E-state index in [0.29, 0.717) is 17.9 Å². The van der Waals surface area contributed by atoms with Crippen LogP contribution in [0.4, 0.5) is 0 Å². The second-order valence-electron chi connectivity index (χ2n) is 8.08. The number of carbonyl (C=O) groups is 1. The number of piperidine rings is 1. The molecular formula is C23H28N2O. The van der Waals surface area contributed by atoms with Gasteiger partial charge in [0.25, 0.3) is 0 Å². The summed E-state index contributed by atoms with van der Waals surface area (Å²) in [6.45, 7) is 4.01. The van der Waals surface area contributed by atoms with Gasteiger partial charge in [-0.1, -0.05) is 48.5 Å². The molecule has 2 aromatic carbocycles. The first-order chi connectivity index (χ1) is 12.6. The molecule has 136 valence electrons. The molecule has 0 spiro atoms. The summed E-state index contributed by atoms with van der Waals surface area (Å²) in [6, 6.07) is 18.1. The van der Waals surface area contributed by atoms with E-state index in [2.05, 4.69) is 72.7 Å². The molecular weight excluding hydrogens is 320 g/mol. The maximum Gasteiger partial charge on any atom is 0.220 e. The third-order valence-electron chi connectivity index (χ3n) is 6.29. The summed E-state index contributed by atoms with van der Waals surface area (Å²) in [5.41, 5.74) is 5.26. The standard InChI is InChI=1S/C23H28N2O/c1-16-5-3-4-6-22(16)18-9-7-17(8-10-18)15-25(2)21-11-19-13-23(26)24-14-20(19)12-21/h3-10,19-21H,11-15H2,1-2H3,(H,24,26)/t19-,20+,21-/m1/s1. The summed E-state index contributed by atoms with van der Waals surface area (Å²) in [5.74, 6) is 1.49. The number of amides is 1. The van der Waals surface area contributed by atoms with E-state index in [4.69, 9.17) is 0 Å². The minimum atomic E-state index is 0.237. The molecule has 1 heterocycles. The van der Waals surface area contributed by atoms with Crippen molar-refractivity contribution in [3.8, 4) is 11.1 Å². The van der Waals surface area contributed by atoms with E-state index in [-0.39, 0.29) is 5.91 Å². The number of benzene rings is 2. The molecule has 3 heteroatoms. The zero-order valence-corrected chi connectivity index (χ0v) is 15.7. The van der Waals surface area contributed by atoms with Gasteiger partial charge in [-0.15, -0.1) is 0 Å². The van der Waals surface area contributed by atoms with Crippen molar-refractivity contribution in [3.63, 3.8) is 0 Å². The van der Waals surface area contributed by atoms with Crippen LogP contribution in [0.5, 0.6) is 0 Å². The van der Waals surface area contributed by atoms with Gasteiger partial charge < -0.3 is 5.32 Å². The number of hydrogen-bond donors (Lipinski definition) is 1. The predicted molar refractivity (Wildman–Crippen MR) is 106 cm³/mol. The molecule has 0 radical (unpaired) electrons. The van der Waals surface area contributed by atoms with E-state index in [9.17, 15) is 4.79 Å². The molecule has 2 aromatic rings. The van der Waals surface area contributed by atoms with E-state index in [0.717, 1.165) is 25.9 Å². The fourth-order valence-corrected chi connectivity index (χ4v) is 4.70. The Labute approximate surface area is 156 Å². The fraction of sp³-hybridized carbons (Fsp3) is 0.435. The van der Waals surface area contributed by atoms with Gasteiger partial charge >= 0.3 is 0 Å². The van der Waals surface area contributed by atoms with Gasteiger partial charge in [0.1, 0.15) is 0 Å². The van der Waals surface area contributed by atoms with Crippen LogP contribution in [0.3, 0.4) is 0 Å². The summed E-state index contributed by atoms with van der Waals surface area (Å²) in [6.07, 6.45) is 3.10. The Hall–Kier alpha value is -2.13. The Morgan fingerprint density at radius 1 is 1.04 bits per heavy atom. The Balaban J connectivity index is 1.40. The molecule has 1 amide bonds. The zero-order chi connectivity index (χ0) is 18.1. The molecule has 1 saturated carbocycles. The van der Waals surface area contributed by atoms with E-state index in [1.54, 1.807) is 0 Å². The Morgan fingerprint density at radius 2 is 1.77 bits per heavy atom. The first-order valence-corrected chi connectivity index (χ1v) is 9.72. The average Bonchev–Trinajstić information content (AvgIpc) is 3.06.